The van der Waals surface area contributed by atoms with Crippen molar-refractivity contribution in [3.63, 3.8) is 0 Å². The monoisotopic (exact) mass is 364 g/mol. The van der Waals surface area contributed by atoms with Crippen LogP contribution in [0.15, 0.2) is 29.0 Å². The van der Waals surface area contributed by atoms with Gasteiger partial charge in [-0.3, -0.25) is 4.98 Å². The molecule has 3 rings (SSSR count). The summed E-state index contributed by atoms with van der Waals surface area (Å²) < 4.78 is 1.06. The van der Waals surface area contributed by atoms with Crippen molar-refractivity contribution < 1.29 is 0 Å². The summed E-state index contributed by atoms with van der Waals surface area (Å²) in [5, 5.41) is 3.71. The van der Waals surface area contributed by atoms with Crippen LogP contribution in [0, 0.1) is 0 Å². The number of thiophene rings is 1. The van der Waals surface area contributed by atoms with Crippen molar-refractivity contribution in [1.29, 1.82) is 0 Å². The highest BCUT2D eigenvalue weighted by Crippen LogP contribution is 2.35. The van der Waals surface area contributed by atoms with E-state index < -0.39 is 0 Å². The molecule has 0 bridgehead atoms. The van der Waals surface area contributed by atoms with Gasteiger partial charge in [0.1, 0.15) is 0 Å². The molecule has 2 nitrogen and oxygen atoms in total. The summed E-state index contributed by atoms with van der Waals surface area (Å²) in [5.41, 5.74) is 2.87. The Balaban J connectivity index is 1.79. The Bertz CT molecular complexity index is 587. The van der Waals surface area contributed by atoms with E-state index in [0.717, 1.165) is 17.4 Å². The van der Waals surface area contributed by atoms with Gasteiger partial charge < -0.3 is 5.32 Å². The number of aromatic nitrogens is 1. The summed E-state index contributed by atoms with van der Waals surface area (Å²) in [6, 6.07) is 5.03. The first-order valence-corrected chi connectivity index (χ1v) is 9.31. The van der Waals surface area contributed by atoms with E-state index in [0.29, 0.717) is 6.04 Å². The fraction of sp³-hybridized carbons (Fsp3) is 0.471. The lowest BCUT2D eigenvalue weighted by atomic mass is 10.1. The van der Waals surface area contributed by atoms with Crippen LogP contribution in [0.2, 0.25) is 0 Å². The van der Waals surface area contributed by atoms with Gasteiger partial charge in [-0.05, 0) is 77.8 Å². The van der Waals surface area contributed by atoms with Crippen LogP contribution in [0.25, 0.3) is 0 Å². The van der Waals surface area contributed by atoms with Crippen LogP contribution in [0.1, 0.15) is 46.7 Å². The van der Waals surface area contributed by atoms with E-state index in [1.54, 1.807) is 10.4 Å². The molecule has 0 amide bonds. The lowest BCUT2D eigenvalue weighted by molar-refractivity contribution is 0.535. The predicted octanol–water partition coefficient (Wildman–Crippen LogP) is 4.68. The minimum absolute atomic E-state index is 0.414. The Morgan fingerprint density at radius 3 is 3.00 bits per heavy atom. The summed E-state index contributed by atoms with van der Waals surface area (Å²) in [7, 11) is 0. The minimum atomic E-state index is 0.414. The molecular formula is C17H21BrN2S. The molecule has 4 heteroatoms. The normalized spacial score (nSPS) is 15.1. The van der Waals surface area contributed by atoms with E-state index in [-0.39, 0.29) is 0 Å². The molecule has 0 radical (unpaired) electrons. The van der Waals surface area contributed by atoms with Gasteiger partial charge in [0.2, 0.25) is 0 Å². The second-order valence-corrected chi connectivity index (χ2v) is 7.76. The number of aryl methyl sites for hydroxylation is 2. The maximum atomic E-state index is 4.29. The van der Waals surface area contributed by atoms with Crippen LogP contribution in [0.4, 0.5) is 0 Å². The van der Waals surface area contributed by atoms with E-state index in [1.807, 2.05) is 23.7 Å². The molecule has 1 unspecified atom stereocenters. The average Bonchev–Trinajstić information content (AvgIpc) is 3.04. The highest BCUT2D eigenvalue weighted by atomic mass is 79.9. The number of nitrogens with zero attached hydrogens (tertiary/aromatic N) is 1. The Morgan fingerprint density at radius 2 is 2.24 bits per heavy atom. The van der Waals surface area contributed by atoms with Crippen molar-refractivity contribution in [2.75, 3.05) is 6.54 Å². The van der Waals surface area contributed by atoms with Crippen LogP contribution < -0.4 is 5.32 Å². The summed E-state index contributed by atoms with van der Waals surface area (Å²) in [6.45, 7) is 3.29. The van der Waals surface area contributed by atoms with E-state index in [9.17, 15) is 0 Å². The molecule has 0 saturated heterocycles. The first-order valence-electron chi connectivity index (χ1n) is 7.70. The molecule has 1 N–H and O–H groups in total. The van der Waals surface area contributed by atoms with E-state index >= 15 is 0 Å². The molecule has 0 aliphatic heterocycles. The molecule has 2 heterocycles. The third kappa shape index (κ3) is 3.74. The zero-order chi connectivity index (χ0) is 14.7. The maximum absolute atomic E-state index is 4.29. The average molecular weight is 365 g/mol. The van der Waals surface area contributed by atoms with Gasteiger partial charge in [0.05, 0.1) is 0 Å². The molecule has 112 valence electrons. The number of rotatable bonds is 6. The van der Waals surface area contributed by atoms with Gasteiger partial charge in [0.25, 0.3) is 0 Å². The molecule has 0 fully saturated rings. The van der Waals surface area contributed by atoms with Gasteiger partial charge in [-0.2, -0.15) is 0 Å². The molecule has 1 aliphatic carbocycles. The molecule has 0 aromatic carbocycles. The van der Waals surface area contributed by atoms with Gasteiger partial charge in [-0.25, -0.2) is 0 Å². The zero-order valence-corrected chi connectivity index (χ0v) is 14.8. The highest BCUT2D eigenvalue weighted by Gasteiger charge is 2.20. The molecule has 1 atom stereocenters. The fourth-order valence-corrected chi connectivity index (χ4v) is 4.66. The Kier molecular flexibility index (Phi) is 5.09. The third-order valence-corrected chi connectivity index (χ3v) is 5.74. The second kappa shape index (κ2) is 7.03. The number of pyridine rings is 1. The van der Waals surface area contributed by atoms with Crippen molar-refractivity contribution in [2.24, 2.45) is 0 Å². The van der Waals surface area contributed by atoms with Gasteiger partial charge in [-0.1, -0.05) is 6.92 Å². The SMILES string of the molecule is CCCNC(Cc1cncc(Br)c1)c1cc2c(s1)CCC2. The Morgan fingerprint density at radius 1 is 1.33 bits per heavy atom. The van der Waals surface area contributed by atoms with E-state index in [1.165, 1.54) is 36.1 Å². The summed E-state index contributed by atoms with van der Waals surface area (Å²) in [4.78, 5) is 7.40. The van der Waals surface area contributed by atoms with Crippen molar-refractivity contribution >= 4 is 27.3 Å². The van der Waals surface area contributed by atoms with E-state index in [4.69, 9.17) is 0 Å². The fourth-order valence-electron chi connectivity index (χ4n) is 2.92. The van der Waals surface area contributed by atoms with Gasteiger partial charge in [0, 0.05) is 32.7 Å². The summed E-state index contributed by atoms with van der Waals surface area (Å²) in [5.74, 6) is 0. The Hall–Kier alpha value is -0.710. The molecule has 0 saturated carbocycles. The maximum Gasteiger partial charge on any atom is 0.0456 e. The smallest absolute Gasteiger partial charge is 0.0456 e. The van der Waals surface area contributed by atoms with Gasteiger partial charge in [0.15, 0.2) is 0 Å². The zero-order valence-electron chi connectivity index (χ0n) is 12.4. The van der Waals surface area contributed by atoms with Crippen LogP contribution in [0.5, 0.6) is 0 Å². The molecule has 1 aliphatic rings. The van der Waals surface area contributed by atoms with Crippen LogP contribution >= 0.6 is 27.3 Å². The van der Waals surface area contributed by atoms with Gasteiger partial charge >= 0.3 is 0 Å². The summed E-state index contributed by atoms with van der Waals surface area (Å²) in [6.07, 6.45) is 9.88. The lowest BCUT2D eigenvalue weighted by Crippen LogP contribution is -2.23. The van der Waals surface area contributed by atoms with Gasteiger partial charge in [-0.15, -0.1) is 11.3 Å². The topological polar surface area (TPSA) is 24.9 Å². The predicted molar refractivity (Wildman–Crippen MR) is 93.0 cm³/mol. The molecule has 21 heavy (non-hydrogen) atoms. The van der Waals surface area contributed by atoms with Crippen LogP contribution in [-0.4, -0.2) is 11.5 Å². The Labute approximate surface area is 139 Å². The highest BCUT2D eigenvalue weighted by molar-refractivity contribution is 9.10. The van der Waals surface area contributed by atoms with E-state index in [2.05, 4.69) is 45.3 Å². The largest absolute Gasteiger partial charge is 0.309 e. The van der Waals surface area contributed by atoms with Crippen LogP contribution in [-0.2, 0) is 19.3 Å². The van der Waals surface area contributed by atoms with Crippen molar-refractivity contribution in [2.45, 2.75) is 45.1 Å². The first kappa shape index (κ1) is 15.2. The van der Waals surface area contributed by atoms with Crippen molar-refractivity contribution in [3.05, 3.63) is 49.9 Å². The first-order chi connectivity index (χ1) is 10.3. The number of halogens is 1. The van der Waals surface area contributed by atoms with Crippen molar-refractivity contribution in [1.82, 2.24) is 10.3 Å². The summed E-state index contributed by atoms with van der Waals surface area (Å²) >= 11 is 5.53. The second-order valence-electron chi connectivity index (χ2n) is 5.67. The van der Waals surface area contributed by atoms with Crippen molar-refractivity contribution in [3.8, 4) is 0 Å². The molecule has 2 aromatic heterocycles. The standard InChI is InChI=1S/C17H21BrN2S/c1-2-6-20-15(8-12-7-14(18)11-19-10-12)17-9-13-4-3-5-16(13)21-17/h7,9-11,15,20H,2-6,8H2,1H3. The number of nitrogens with one attached hydrogen (secondary N) is 1. The molecule has 2 aromatic rings. The quantitative estimate of drug-likeness (QED) is 0.804. The molecular weight excluding hydrogens is 344 g/mol. The number of fused-ring (bicyclic) bond motifs is 1. The number of hydrogen-bond donors (Lipinski definition) is 1. The van der Waals surface area contributed by atoms with Crippen LogP contribution in [0.3, 0.4) is 0 Å². The lowest BCUT2D eigenvalue weighted by Gasteiger charge is -2.17. The third-order valence-electron chi connectivity index (χ3n) is 3.95. The minimum Gasteiger partial charge on any atom is -0.309 e. The number of hydrogen-bond acceptors (Lipinski definition) is 3. The molecule has 0 spiro atoms.